The van der Waals surface area contributed by atoms with Crippen molar-refractivity contribution >= 4 is 27.8 Å². The van der Waals surface area contributed by atoms with Gasteiger partial charge in [-0.15, -0.1) is 0 Å². The van der Waals surface area contributed by atoms with E-state index in [1.54, 1.807) is 0 Å². The third-order valence-corrected chi connectivity index (χ3v) is 4.82. The molecule has 0 saturated carbocycles. The van der Waals surface area contributed by atoms with Gasteiger partial charge in [0.05, 0.1) is 18.6 Å². The highest BCUT2D eigenvalue weighted by atomic mass is 32.2. The minimum atomic E-state index is -4.84. The SMILES string of the molecule is COC(=O)[C@H](O)CN(C(=O)OC(C)(C)C)S(=O)(=O)c1ccccc1[N+](=O)[O-]. The van der Waals surface area contributed by atoms with Crippen molar-refractivity contribution in [1.29, 1.82) is 0 Å². The molecule has 0 aliphatic rings. The van der Waals surface area contributed by atoms with Crippen LogP contribution < -0.4 is 0 Å². The third kappa shape index (κ3) is 5.62. The van der Waals surface area contributed by atoms with Crippen molar-refractivity contribution in [2.45, 2.75) is 37.4 Å². The number of carbonyl (C=O) groups is 2. The van der Waals surface area contributed by atoms with Gasteiger partial charge < -0.3 is 14.6 Å². The van der Waals surface area contributed by atoms with Gasteiger partial charge in [0.1, 0.15) is 5.60 Å². The Morgan fingerprint density at radius 1 is 1.30 bits per heavy atom. The molecule has 0 fully saturated rings. The Kier molecular flexibility index (Phi) is 6.87. The monoisotopic (exact) mass is 404 g/mol. The smallest absolute Gasteiger partial charge is 0.424 e. The molecule has 1 N–H and O–H groups in total. The fourth-order valence-electron chi connectivity index (χ4n) is 1.90. The van der Waals surface area contributed by atoms with Crippen molar-refractivity contribution in [2.75, 3.05) is 13.7 Å². The number of esters is 1. The predicted octanol–water partition coefficient (Wildman–Crippen LogP) is 1.05. The Morgan fingerprint density at radius 3 is 2.33 bits per heavy atom. The number of hydrogen-bond acceptors (Lipinski definition) is 9. The molecule has 1 rings (SSSR count). The number of amides is 1. The van der Waals surface area contributed by atoms with Gasteiger partial charge in [-0.05, 0) is 26.8 Å². The second kappa shape index (κ2) is 8.31. The van der Waals surface area contributed by atoms with Crippen LogP contribution in [0.15, 0.2) is 29.2 Å². The van der Waals surface area contributed by atoms with Crippen LogP contribution in [0.1, 0.15) is 20.8 Å². The van der Waals surface area contributed by atoms with E-state index in [0.29, 0.717) is 0 Å². The molecule has 1 atom stereocenters. The second-order valence-corrected chi connectivity index (χ2v) is 8.11. The molecule has 1 aromatic rings. The summed E-state index contributed by atoms with van der Waals surface area (Å²) in [5.74, 6) is -1.19. The van der Waals surface area contributed by atoms with E-state index in [2.05, 4.69) is 4.74 Å². The fraction of sp³-hybridized carbons (Fsp3) is 0.467. The molecule has 150 valence electrons. The summed E-state index contributed by atoms with van der Waals surface area (Å²) in [4.78, 5) is 33.3. The molecule has 0 radical (unpaired) electrons. The number of nitro groups is 1. The zero-order valence-corrected chi connectivity index (χ0v) is 15.9. The summed E-state index contributed by atoms with van der Waals surface area (Å²) in [6.07, 6.45) is -3.43. The van der Waals surface area contributed by atoms with Gasteiger partial charge in [-0.2, -0.15) is 4.31 Å². The number of nitro benzene ring substituents is 1. The van der Waals surface area contributed by atoms with E-state index in [1.807, 2.05) is 0 Å². The van der Waals surface area contributed by atoms with E-state index in [0.717, 1.165) is 19.2 Å². The molecule has 0 saturated heterocycles. The van der Waals surface area contributed by atoms with E-state index >= 15 is 0 Å². The number of methoxy groups -OCH3 is 1. The van der Waals surface area contributed by atoms with Gasteiger partial charge in [0.15, 0.2) is 11.0 Å². The second-order valence-electron chi connectivity index (χ2n) is 6.28. The Bertz CT molecular complexity index is 830. The highest BCUT2D eigenvalue weighted by Crippen LogP contribution is 2.27. The summed E-state index contributed by atoms with van der Waals surface area (Å²) in [7, 11) is -3.88. The van der Waals surface area contributed by atoms with Gasteiger partial charge in [-0.3, -0.25) is 10.1 Å². The average Bonchev–Trinajstić information content (AvgIpc) is 2.56. The zero-order valence-electron chi connectivity index (χ0n) is 15.1. The lowest BCUT2D eigenvalue weighted by Crippen LogP contribution is -2.46. The number of aliphatic hydroxyl groups excluding tert-OH is 1. The summed E-state index contributed by atoms with van der Waals surface area (Å²) in [5, 5.41) is 21.0. The number of aliphatic hydroxyl groups is 1. The number of sulfonamides is 1. The molecule has 0 aliphatic heterocycles. The molecular formula is C15H20N2O9S. The number of carbonyl (C=O) groups excluding carboxylic acids is 2. The summed E-state index contributed by atoms with van der Waals surface area (Å²) in [6, 6.07) is 4.34. The molecule has 1 aromatic carbocycles. The summed E-state index contributed by atoms with van der Waals surface area (Å²) < 4.78 is 35.1. The first-order valence-electron chi connectivity index (χ1n) is 7.56. The first kappa shape index (κ1) is 22.3. The zero-order chi connectivity index (χ0) is 21.0. The molecule has 0 heterocycles. The number of rotatable bonds is 6. The molecule has 0 aromatic heterocycles. The molecule has 1 amide bonds. The maximum absolute atomic E-state index is 12.9. The van der Waals surface area contributed by atoms with Crippen molar-refractivity contribution in [3.8, 4) is 0 Å². The highest BCUT2D eigenvalue weighted by Gasteiger charge is 2.39. The number of hydrogen-bond donors (Lipinski definition) is 1. The Balaban J connectivity index is 3.46. The van der Waals surface area contributed by atoms with Crippen LogP contribution in [-0.2, 0) is 24.3 Å². The van der Waals surface area contributed by atoms with Crippen LogP contribution in [0, 0.1) is 10.1 Å². The lowest BCUT2D eigenvalue weighted by atomic mass is 10.2. The van der Waals surface area contributed by atoms with Gasteiger partial charge in [0.25, 0.3) is 15.7 Å². The number of para-hydroxylation sites is 1. The average molecular weight is 404 g/mol. The standard InChI is InChI=1S/C15H20N2O9S/c1-15(2,3)26-14(20)16(9-11(18)13(19)25-4)27(23,24)12-8-6-5-7-10(12)17(21)22/h5-8,11,18H,9H2,1-4H3/t11-/m1/s1. The first-order valence-corrected chi connectivity index (χ1v) is 9.00. The number of benzene rings is 1. The first-order chi connectivity index (χ1) is 12.3. The molecule has 11 nitrogen and oxygen atoms in total. The van der Waals surface area contributed by atoms with Gasteiger partial charge in [-0.25, -0.2) is 18.0 Å². The molecule has 0 bridgehead atoms. The van der Waals surface area contributed by atoms with Gasteiger partial charge in [0.2, 0.25) is 0 Å². The van der Waals surface area contributed by atoms with Crippen LogP contribution in [0.5, 0.6) is 0 Å². The third-order valence-electron chi connectivity index (χ3n) is 3.04. The van der Waals surface area contributed by atoms with Crippen LogP contribution in [0.3, 0.4) is 0 Å². The van der Waals surface area contributed by atoms with Crippen molar-refractivity contribution in [2.24, 2.45) is 0 Å². The summed E-state index contributed by atoms with van der Waals surface area (Å²) in [6.45, 7) is 3.36. The summed E-state index contributed by atoms with van der Waals surface area (Å²) >= 11 is 0. The van der Waals surface area contributed by atoms with Crippen LogP contribution in [-0.4, -0.2) is 60.2 Å². The predicted molar refractivity (Wildman–Crippen MR) is 91.2 cm³/mol. The van der Waals surface area contributed by atoms with Gasteiger partial charge in [0, 0.05) is 6.07 Å². The van der Waals surface area contributed by atoms with Gasteiger partial charge >= 0.3 is 12.1 Å². The van der Waals surface area contributed by atoms with Crippen LogP contribution >= 0.6 is 0 Å². The van der Waals surface area contributed by atoms with E-state index in [4.69, 9.17) is 4.74 Å². The maximum atomic E-state index is 12.9. The van der Waals surface area contributed by atoms with E-state index in [9.17, 15) is 33.2 Å². The highest BCUT2D eigenvalue weighted by molar-refractivity contribution is 7.89. The maximum Gasteiger partial charge on any atom is 0.424 e. The Hall–Kier alpha value is -2.73. The molecule has 12 heteroatoms. The Labute approximate surface area is 155 Å². The quantitative estimate of drug-likeness (QED) is 0.416. The van der Waals surface area contributed by atoms with Crippen molar-refractivity contribution in [3.05, 3.63) is 34.4 Å². The lowest BCUT2D eigenvalue weighted by Gasteiger charge is -2.27. The van der Waals surface area contributed by atoms with Crippen molar-refractivity contribution in [1.82, 2.24) is 4.31 Å². The lowest BCUT2D eigenvalue weighted by molar-refractivity contribution is -0.387. The number of ether oxygens (including phenoxy) is 2. The molecule has 0 unspecified atom stereocenters. The van der Waals surface area contributed by atoms with Crippen molar-refractivity contribution < 1.29 is 37.5 Å². The topological polar surface area (TPSA) is 153 Å². The van der Waals surface area contributed by atoms with Gasteiger partial charge in [-0.1, -0.05) is 12.1 Å². The minimum Gasteiger partial charge on any atom is -0.467 e. The summed E-state index contributed by atoms with van der Waals surface area (Å²) in [5.41, 5.74) is -1.89. The van der Waals surface area contributed by atoms with E-state index in [-0.39, 0.29) is 4.31 Å². The van der Waals surface area contributed by atoms with Crippen LogP contribution in [0.25, 0.3) is 0 Å². The molecule has 0 spiro atoms. The molecule has 0 aliphatic carbocycles. The van der Waals surface area contributed by atoms with Crippen LogP contribution in [0.2, 0.25) is 0 Å². The number of nitrogens with zero attached hydrogens (tertiary/aromatic N) is 2. The van der Waals surface area contributed by atoms with Crippen molar-refractivity contribution in [3.63, 3.8) is 0 Å². The van der Waals surface area contributed by atoms with Crippen LogP contribution in [0.4, 0.5) is 10.5 Å². The van der Waals surface area contributed by atoms with E-state index in [1.165, 1.54) is 32.9 Å². The molecule has 27 heavy (non-hydrogen) atoms. The molecular weight excluding hydrogens is 384 g/mol. The fourth-order valence-corrected chi connectivity index (χ4v) is 3.36. The van der Waals surface area contributed by atoms with E-state index < -0.39 is 55.8 Å². The minimum absolute atomic E-state index is 0.0577. The Morgan fingerprint density at radius 2 is 1.85 bits per heavy atom. The largest absolute Gasteiger partial charge is 0.467 e. The normalized spacial score (nSPS) is 12.8.